The molecule has 0 saturated carbocycles. The number of aromatic hydroxyl groups is 2. The summed E-state index contributed by atoms with van der Waals surface area (Å²) in [6, 6.07) is 4.30. The van der Waals surface area contributed by atoms with Crippen LogP contribution in [0.1, 0.15) is 49.9 Å². The van der Waals surface area contributed by atoms with Crippen molar-refractivity contribution >= 4 is 20.2 Å². The van der Waals surface area contributed by atoms with Crippen molar-refractivity contribution in [1.82, 2.24) is 0 Å². The molecule has 0 radical (unpaired) electrons. The van der Waals surface area contributed by atoms with E-state index in [0.29, 0.717) is 11.1 Å². The minimum atomic E-state index is -4.68. The zero-order valence-electron chi connectivity index (χ0n) is 19.4. The van der Waals surface area contributed by atoms with E-state index in [0.717, 1.165) is 12.1 Å². The standard InChI is InChI=1S/C15H16O8S2.C6H16N2/c1-8-3-10(14(6-12(8)16)24(18,19)20)5-11-4-9(2)13(17)7-15(11)25(21,22)23;1-5(2,7)6(3,4)8/h3-4,6-7,16-17H,5H2,1-2H3,(H,18,19,20)(H,21,22,23);7-8H2,1-4H3. The maximum atomic E-state index is 11.5. The number of phenols is 2. The molecule has 0 spiro atoms. The van der Waals surface area contributed by atoms with Gasteiger partial charge in [-0.25, -0.2) is 0 Å². The molecular weight excluding hydrogens is 472 g/mol. The molecule has 2 aromatic rings. The van der Waals surface area contributed by atoms with E-state index in [2.05, 4.69) is 0 Å². The lowest BCUT2D eigenvalue weighted by atomic mass is 9.85. The predicted molar refractivity (Wildman–Crippen MR) is 125 cm³/mol. The fraction of sp³-hybridized carbons (Fsp3) is 0.429. The van der Waals surface area contributed by atoms with Crippen LogP contribution < -0.4 is 11.5 Å². The second-order valence-electron chi connectivity index (χ2n) is 9.06. The number of rotatable bonds is 5. The number of nitrogens with two attached hydrogens (primary N) is 2. The maximum absolute atomic E-state index is 11.5. The average Bonchev–Trinajstić information content (AvgIpc) is 2.57. The van der Waals surface area contributed by atoms with E-state index in [1.54, 1.807) is 0 Å². The molecule has 0 unspecified atom stereocenters. The van der Waals surface area contributed by atoms with Crippen LogP contribution in [0.5, 0.6) is 11.5 Å². The lowest BCUT2D eigenvalue weighted by Gasteiger charge is -2.34. The van der Waals surface area contributed by atoms with Crippen molar-refractivity contribution in [2.45, 2.75) is 68.8 Å². The quantitative estimate of drug-likeness (QED) is 0.328. The molecule has 0 aromatic heterocycles. The average molecular weight is 505 g/mol. The molecule has 8 N–H and O–H groups in total. The van der Waals surface area contributed by atoms with Crippen LogP contribution in [0.3, 0.4) is 0 Å². The monoisotopic (exact) mass is 504 g/mol. The molecule has 0 bridgehead atoms. The highest BCUT2D eigenvalue weighted by molar-refractivity contribution is 7.86. The number of aryl methyl sites for hydroxylation is 2. The molecule has 0 amide bonds. The van der Waals surface area contributed by atoms with Crippen LogP contribution in [-0.2, 0) is 26.7 Å². The topological polar surface area (TPSA) is 201 Å². The third-order valence-corrected chi connectivity index (χ3v) is 7.23. The summed E-state index contributed by atoms with van der Waals surface area (Å²) in [4.78, 5) is -1.16. The van der Waals surface area contributed by atoms with Crippen molar-refractivity contribution < 1.29 is 36.2 Å². The smallest absolute Gasteiger partial charge is 0.294 e. The Morgan fingerprint density at radius 1 is 0.697 bits per heavy atom. The van der Waals surface area contributed by atoms with Crippen LogP contribution in [-0.4, -0.2) is 47.2 Å². The molecule has 0 fully saturated rings. The maximum Gasteiger partial charge on any atom is 0.294 e. The number of benzene rings is 2. The summed E-state index contributed by atoms with van der Waals surface area (Å²) in [5.74, 6) is -0.707. The van der Waals surface area contributed by atoms with Crippen molar-refractivity contribution in [1.29, 1.82) is 0 Å². The molecule has 0 aliphatic rings. The number of phenolic OH excluding ortho intramolecular Hbond substituents is 2. The van der Waals surface area contributed by atoms with Crippen LogP contribution in [0.4, 0.5) is 0 Å². The highest BCUT2D eigenvalue weighted by atomic mass is 32.2. The van der Waals surface area contributed by atoms with Gasteiger partial charge < -0.3 is 21.7 Å². The second kappa shape index (κ2) is 9.57. The summed E-state index contributed by atoms with van der Waals surface area (Å²) in [5.41, 5.74) is 11.5. The Bertz CT molecular complexity index is 1140. The Morgan fingerprint density at radius 3 is 1.18 bits per heavy atom. The summed E-state index contributed by atoms with van der Waals surface area (Å²) >= 11 is 0. The van der Waals surface area contributed by atoms with Gasteiger partial charge in [-0.1, -0.05) is 12.1 Å². The lowest BCUT2D eigenvalue weighted by molar-refractivity contribution is 0.309. The van der Waals surface area contributed by atoms with Crippen molar-refractivity contribution in [3.05, 3.63) is 46.5 Å². The molecule has 0 aliphatic heterocycles. The zero-order chi connectivity index (χ0) is 26.2. The van der Waals surface area contributed by atoms with Gasteiger partial charge in [0.2, 0.25) is 0 Å². The van der Waals surface area contributed by atoms with Gasteiger partial charge in [0.15, 0.2) is 0 Å². The first-order chi connectivity index (χ1) is 14.6. The van der Waals surface area contributed by atoms with E-state index in [1.165, 1.54) is 26.0 Å². The molecule has 33 heavy (non-hydrogen) atoms. The van der Waals surface area contributed by atoms with Crippen LogP contribution >= 0.6 is 0 Å². The van der Waals surface area contributed by atoms with Gasteiger partial charge in [-0.15, -0.1) is 0 Å². The largest absolute Gasteiger partial charge is 0.508 e. The third kappa shape index (κ3) is 7.66. The van der Waals surface area contributed by atoms with E-state index in [1.807, 2.05) is 27.7 Å². The number of hydrogen-bond acceptors (Lipinski definition) is 8. The lowest BCUT2D eigenvalue weighted by Crippen LogP contribution is -2.58. The van der Waals surface area contributed by atoms with Crippen molar-refractivity contribution in [2.75, 3.05) is 0 Å². The minimum Gasteiger partial charge on any atom is -0.508 e. The summed E-state index contributed by atoms with van der Waals surface area (Å²) in [6.07, 6.45) is -0.285. The normalized spacial score (nSPS) is 12.8. The van der Waals surface area contributed by atoms with E-state index >= 15 is 0 Å². The first-order valence-corrected chi connectivity index (χ1v) is 12.6. The fourth-order valence-corrected chi connectivity index (χ4v) is 3.88. The first-order valence-electron chi connectivity index (χ1n) is 9.73. The first kappa shape index (κ1) is 28.8. The molecule has 2 rings (SSSR count). The van der Waals surface area contributed by atoms with Gasteiger partial charge in [-0.3, -0.25) is 9.11 Å². The Kier molecular flexibility index (Phi) is 8.35. The Morgan fingerprint density at radius 2 is 0.970 bits per heavy atom. The van der Waals surface area contributed by atoms with Crippen molar-refractivity contribution in [3.8, 4) is 11.5 Å². The van der Waals surface area contributed by atoms with E-state index in [-0.39, 0.29) is 40.1 Å². The summed E-state index contributed by atoms with van der Waals surface area (Å²) in [7, 11) is -9.36. The Hall–Kier alpha value is -2.22. The third-order valence-electron chi connectivity index (χ3n) is 5.36. The van der Waals surface area contributed by atoms with Gasteiger partial charge in [-0.2, -0.15) is 16.8 Å². The van der Waals surface area contributed by atoms with E-state index in [9.17, 15) is 36.2 Å². The highest BCUT2D eigenvalue weighted by Gasteiger charge is 2.28. The van der Waals surface area contributed by atoms with Gasteiger partial charge >= 0.3 is 0 Å². The SMILES string of the molecule is CC(C)(N)C(C)(C)N.Cc1cc(Cc2cc(C)c(O)cc2S(=O)(=O)O)c(S(=O)(=O)O)cc1O. The summed E-state index contributed by atoms with van der Waals surface area (Å²) in [5, 5.41) is 19.3. The van der Waals surface area contributed by atoms with Crippen LogP contribution in [0.2, 0.25) is 0 Å². The van der Waals surface area contributed by atoms with E-state index in [4.69, 9.17) is 11.5 Å². The van der Waals surface area contributed by atoms with Gasteiger partial charge in [0, 0.05) is 29.6 Å². The molecule has 0 heterocycles. The fourth-order valence-electron chi connectivity index (χ4n) is 2.44. The van der Waals surface area contributed by atoms with Crippen LogP contribution in [0.15, 0.2) is 34.1 Å². The van der Waals surface area contributed by atoms with Gasteiger partial charge in [-0.05, 0) is 63.8 Å². The molecule has 0 saturated heterocycles. The van der Waals surface area contributed by atoms with Gasteiger partial charge in [0.25, 0.3) is 20.2 Å². The molecule has 0 aliphatic carbocycles. The summed E-state index contributed by atoms with van der Waals surface area (Å²) < 4.78 is 64.9. The van der Waals surface area contributed by atoms with Crippen LogP contribution in [0, 0.1) is 13.8 Å². The van der Waals surface area contributed by atoms with Crippen molar-refractivity contribution in [2.24, 2.45) is 11.5 Å². The molecule has 2 aromatic carbocycles. The highest BCUT2D eigenvalue weighted by Crippen LogP contribution is 2.31. The second-order valence-corrected chi connectivity index (χ2v) is 11.8. The minimum absolute atomic E-state index is 0.0211. The van der Waals surface area contributed by atoms with Crippen LogP contribution in [0.25, 0.3) is 0 Å². The molecule has 12 heteroatoms. The van der Waals surface area contributed by atoms with E-state index < -0.39 is 30.0 Å². The Labute approximate surface area is 194 Å². The zero-order valence-corrected chi connectivity index (χ0v) is 21.0. The van der Waals surface area contributed by atoms with Crippen molar-refractivity contribution in [3.63, 3.8) is 0 Å². The van der Waals surface area contributed by atoms with Gasteiger partial charge in [0.05, 0.1) is 0 Å². The molecule has 0 atom stereocenters. The Balaban J connectivity index is 0.000000582. The summed E-state index contributed by atoms with van der Waals surface area (Å²) in [6.45, 7) is 10.7. The number of hydrogen-bond donors (Lipinski definition) is 6. The van der Waals surface area contributed by atoms with Gasteiger partial charge in [0.1, 0.15) is 21.3 Å². The molecular formula is C21H32N2O8S2. The predicted octanol–water partition coefficient (Wildman–Crippen LogP) is 2.26. The molecule has 186 valence electrons. The molecule has 10 nitrogen and oxygen atoms in total.